The third-order valence-corrected chi connectivity index (χ3v) is 6.78. The van der Waals surface area contributed by atoms with Gasteiger partial charge in [0.05, 0.1) is 10.9 Å². The molecule has 1 amide bonds. The number of hydrogen-bond acceptors (Lipinski definition) is 8. The second kappa shape index (κ2) is 11.1. The van der Waals surface area contributed by atoms with Crippen molar-refractivity contribution in [3.8, 4) is 23.0 Å². The number of benzene rings is 3. The Balaban J connectivity index is 1.59. The number of halogens is 1. The van der Waals surface area contributed by atoms with Crippen LogP contribution in [0.5, 0.6) is 23.0 Å². The third-order valence-electron chi connectivity index (χ3n) is 6.27. The number of carbonyl (C=O) groups excluding carboxylic acids is 2. The van der Waals surface area contributed by atoms with Crippen molar-refractivity contribution >= 4 is 47.3 Å². The number of ether oxygens (including phenoxy) is 4. The monoisotopic (exact) mass is 589 g/mol. The van der Waals surface area contributed by atoms with Crippen molar-refractivity contribution in [1.29, 1.82) is 0 Å². The van der Waals surface area contributed by atoms with Gasteiger partial charge in [-0.1, -0.05) is 40.2 Å². The van der Waals surface area contributed by atoms with E-state index in [1.807, 2.05) is 36.4 Å². The van der Waals surface area contributed by atoms with Crippen molar-refractivity contribution in [2.45, 2.75) is 5.60 Å². The summed E-state index contributed by atoms with van der Waals surface area (Å²) < 4.78 is 23.7. The van der Waals surface area contributed by atoms with Gasteiger partial charge in [0.2, 0.25) is 5.91 Å². The summed E-state index contributed by atoms with van der Waals surface area (Å²) in [6.45, 7) is 7.43. The summed E-state index contributed by atoms with van der Waals surface area (Å²) in [5.74, 6) is 1.42. The van der Waals surface area contributed by atoms with Gasteiger partial charge in [-0.25, -0.2) is 4.79 Å². The summed E-state index contributed by atoms with van der Waals surface area (Å²) in [5, 5.41) is 2.98. The summed E-state index contributed by atoms with van der Waals surface area (Å²) >= 11 is 3.12. The molecule has 2 aliphatic heterocycles. The molecule has 0 atom stereocenters. The van der Waals surface area contributed by atoms with Gasteiger partial charge in [-0.3, -0.25) is 14.8 Å². The van der Waals surface area contributed by atoms with Gasteiger partial charge in [0.25, 0.3) is 0 Å². The number of esters is 1. The summed E-state index contributed by atoms with van der Waals surface area (Å²) in [5.41, 5.74) is 1.99. The van der Waals surface area contributed by atoms with Crippen LogP contribution in [0.15, 0.2) is 70.7 Å². The van der Waals surface area contributed by atoms with E-state index in [1.165, 1.54) is 0 Å². The number of carbonyl (C=O) groups is 2. The molecule has 0 bridgehead atoms. The van der Waals surface area contributed by atoms with E-state index >= 15 is 0 Å². The molecule has 2 aliphatic rings. The molecule has 5 rings (SSSR count). The zero-order valence-electron chi connectivity index (χ0n) is 20.8. The number of fused-ring (bicyclic) bond motifs is 6. The fourth-order valence-corrected chi connectivity index (χ4v) is 4.84. The van der Waals surface area contributed by atoms with E-state index in [-0.39, 0.29) is 24.7 Å². The minimum atomic E-state index is -1.24. The van der Waals surface area contributed by atoms with Crippen molar-refractivity contribution in [3.63, 3.8) is 0 Å². The Kier molecular flexibility index (Phi) is 7.47. The molecule has 3 aromatic rings. The highest BCUT2D eigenvalue weighted by molar-refractivity contribution is 9.09. The molecule has 3 aromatic carbocycles. The summed E-state index contributed by atoms with van der Waals surface area (Å²) in [6.07, 6.45) is 3.66. The van der Waals surface area contributed by atoms with Gasteiger partial charge in [-0.15, -0.1) is 0 Å². The van der Waals surface area contributed by atoms with Crippen LogP contribution < -0.4 is 19.5 Å². The van der Waals surface area contributed by atoms with Crippen molar-refractivity contribution in [1.82, 2.24) is 5.32 Å². The fourth-order valence-electron chi connectivity index (χ4n) is 4.64. The molecule has 1 N–H and O–H groups in total. The average Bonchev–Trinajstić information content (AvgIpc) is 3.24. The van der Waals surface area contributed by atoms with Crippen molar-refractivity contribution in [2.24, 2.45) is 9.98 Å². The maximum absolute atomic E-state index is 13.3. The Morgan fingerprint density at radius 1 is 0.949 bits per heavy atom. The molecule has 0 fully saturated rings. The lowest BCUT2D eigenvalue weighted by Crippen LogP contribution is -2.33. The Bertz CT molecular complexity index is 1440. The molecule has 2 heterocycles. The van der Waals surface area contributed by atoms with Crippen molar-refractivity contribution in [2.75, 3.05) is 25.3 Å². The zero-order chi connectivity index (χ0) is 27.4. The van der Waals surface area contributed by atoms with Crippen LogP contribution in [-0.4, -0.2) is 50.6 Å². The first-order valence-electron chi connectivity index (χ1n) is 11.9. The maximum atomic E-state index is 13.3. The van der Waals surface area contributed by atoms with E-state index in [1.54, 1.807) is 30.3 Å². The van der Waals surface area contributed by atoms with Crippen LogP contribution in [0.4, 0.5) is 0 Å². The Hall–Kier alpha value is -4.44. The van der Waals surface area contributed by atoms with Gasteiger partial charge in [0.1, 0.15) is 23.0 Å². The second-order valence-corrected chi connectivity index (χ2v) is 9.19. The normalized spacial score (nSPS) is 14.0. The highest BCUT2D eigenvalue weighted by Crippen LogP contribution is 2.57. The lowest BCUT2D eigenvalue weighted by Gasteiger charge is -2.36. The van der Waals surface area contributed by atoms with Crippen LogP contribution in [-0.2, 0) is 15.1 Å². The minimum Gasteiger partial charge on any atom is -0.471 e. The molecular weight excluding hydrogens is 566 g/mol. The summed E-state index contributed by atoms with van der Waals surface area (Å²) in [7, 11) is 0. The molecule has 0 saturated carbocycles. The average molecular weight is 590 g/mol. The predicted octanol–water partition coefficient (Wildman–Crippen LogP) is 4.85. The van der Waals surface area contributed by atoms with Crippen LogP contribution in [0, 0.1) is 0 Å². The molecule has 0 saturated heterocycles. The van der Waals surface area contributed by atoms with E-state index < -0.39 is 11.6 Å². The Morgan fingerprint density at radius 3 is 2.15 bits per heavy atom. The van der Waals surface area contributed by atoms with E-state index in [9.17, 15) is 9.59 Å². The molecule has 0 aliphatic carbocycles. The molecule has 39 heavy (non-hydrogen) atoms. The van der Waals surface area contributed by atoms with Crippen LogP contribution in [0.1, 0.15) is 32.6 Å². The first-order valence-corrected chi connectivity index (χ1v) is 13.1. The topological polar surface area (TPSA) is 108 Å². The smallest absolute Gasteiger partial charge is 0.340 e. The van der Waals surface area contributed by atoms with Crippen LogP contribution in [0.3, 0.4) is 0 Å². The van der Waals surface area contributed by atoms with E-state index in [0.29, 0.717) is 51.8 Å². The standard InChI is InChI=1S/C29H24BrN3O6/c1-31-16-36-19-6-9-23-25(13-19)38-26-14-20(37-17-32-2)7-10-24(26)29(23)22-8-5-18(12-21(22)28(35)39-29)4-3-11-33-27(34)15-30/h3-10,12-14H,1-2,11,15-17H2,(H,33,34)/b4-3-. The van der Waals surface area contributed by atoms with E-state index in [4.69, 9.17) is 18.9 Å². The highest BCUT2D eigenvalue weighted by Gasteiger charge is 2.53. The molecule has 1 spiro atoms. The number of rotatable bonds is 10. The molecular formula is C29H24BrN3O6. The fraction of sp³-hybridized carbons (Fsp3) is 0.172. The number of nitrogens with zero attached hydrogens (tertiary/aromatic N) is 2. The minimum absolute atomic E-state index is 0.0843. The molecule has 0 radical (unpaired) electrons. The summed E-state index contributed by atoms with van der Waals surface area (Å²) in [4.78, 5) is 32.3. The third kappa shape index (κ3) is 4.90. The number of alkyl halides is 1. The van der Waals surface area contributed by atoms with Gasteiger partial charge in [0.15, 0.2) is 19.1 Å². The molecule has 10 heteroatoms. The lowest BCUT2D eigenvalue weighted by molar-refractivity contribution is -0.118. The number of nitrogens with one attached hydrogen (secondary N) is 1. The molecule has 198 valence electrons. The van der Waals surface area contributed by atoms with Gasteiger partial charge < -0.3 is 24.3 Å². The number of amides is 1. The highest BCUT2D eigenvalue weighted by atomic mass is 79.9. The van der Waals surface area contributed by atoms with Gasteiger partial charge in [-0.05, 0) is 49.3 Å². The van der Waals surface area contributed by atoms with E-state index in [0.717, 1.165) is 5.56 Å². The van der Waals surface area contributed by atoms with E-state index in [2.05, 4.69) is 44.7 Å². The Morgan fingerprint density at radius 2 is 1.56 bits per heavy atom. The van der Waals surface area contributed by atoms with Gasteiger partial charge in [0, 0.05) is 35.4 Å². The zero-order valence-corrected chi connectivity index (χ0v) is 22.4. The van der Waals surface area contributed by atoms with Crippen LogP contribution >= 0.6 is 15.9 Å². The van der Waals surface area contributed by atoms with Gasteiger partial charge >= 0.3 is 5.97 Å². The van der Waals surface area contributed by atoms with Crippen LogP contribution in [0.2, 0.25) is 0 Å². The first kappa shape index (κ1) is 26.2. The molecule has 9 nitrogen and oxygen atoms in total. The lowest BCUT2D eigenvalue weighted by atomic mass is 9.77. The maximum Gasteiger partial charge on any atom is 0.340 e. The first-order chi connectivity index (χ1) is 19.0. The van der Waals surface area contributed by atoms with Crippen LogP contribution in [0.25, 0.3) is 6.08 Å². The second-order valence-electron chi connectivity index (χ2n) is 8.63. The van der Waals surface area contributed by atoms with Gasteiger partial charge in [-0.2, -0.15) is 0 Å². The predicted molar refractivity (Wildman–Crippen MR) is 151 cm³/mol. The quantitative estimate of drug-likeness (QED) is 0.206. The Labute approximate surface area is 233 Å². The number of aliphatic imine (C=N–C) groups is 2. The summed E-state index contributed by atoms with van der Waals surface area (Å²) in [6, 6.07) is 16.2. The largest absolute Gasteiger partial charge is 0.471 e. The van der Waals surface area contributed by atoms with Crippen molar-refractivity contribution in [3.05, 3.63) is 88.5 Å². The SMILES string of the molecule is C=NCOc1ccc2c(c1)Oc1cc(OCN=C)ccc1C21OC(=O)c2cc(/C=C\CNC(=O)CBr)ccc21. The number of hydrogen-bond donors (Lipinski definition) is 1. The molecule has 0 unspecified atom stereocenters. The molecule has 0 aromatic heterocycles. The van der Waals surface area contributed by atoms with Crippen molar-refractivity contribution < 1.29 is 28.5 Å².